The normalized spacial score (nSPS) is 11.8. The van der Waals surface area contributed by atoms with Crippen LogP contribution in [0.1, 0.15) is 0 Å². The molecule has 0 saturated carbocycles. The van der Waals surface area contributed by atoms with Crippen molar-refractivity contribution in [1.29, 1.82) is 0 Å². The van der Waals surface area contributed by atoms with Crippen molar-refractivity contribution in [2.24, 2.45) is 0 Å². The van der Waals surface area contributed by atoms with Gasteiger partial charge in [0, 0.05) is 37.9 Å². The lowest BCUT2D eigenvalue weighted by Crippen LogP contribution is -1.98. The number of fused-ring (bicyclic) bond motifs is 9. The van der Waals surface area contributed by atoms with Crippen molar-refractivity contribution in [2.75, 3.05) is 0 Å². The first-order chi connectivity index (χ1) is 31.3. The van der Waals surface area contributed by atoms with Crippen LogP contribution in [0.15, 0.2) is 233 Å². The molecule has 0 unspecified atom stereocenters. The molecule has 3 heterocycles. The predicted molar refractivity (Wildman–Crippen MR) is 263 cm³/mol. The van der Waals surface area contributed by atoms with Gasteiger partial charge in [-0.25, -0.2) is 0 Å². The lowest BCUT2D eigenvalue weighted by molar-refractivity contribution is 0.658. The van der Waals surface area contributed by atoms with Crippen LogP contribution in [0.4, 0.5) is 0 Å². The molecule has 0 N–H and O–H groups in total. The van der Waals surface area contributed by atoms with Gasteiger partial charge in [-0.05, 0) is 93.0 Å². The summed E-state index contributed by atoms with van der Waals surface area (Å²) in [6, 6.07) is 80.4. The number of para-hydroxylation sites is 3. The molecule has 294 valence electrons. The second kappa shape index (κ2) is 14.1. The molecule has 13 aromatic rings. The highest BCUT2D eigenvalue weighted by molar-refractivity contribution is 6.23. The van der Waals surface area contributed by atoms with E-state index in [4.69, 9.17) is 8.83 Å². The highest BCUT2D eigenvalue weighted by atomic mass is 16.3. The zero-order valence-electron chi connectivity index (χ0n) is 34.1. The van der Waals surface area contributed by atoms with Crippen LogP contribution in [0.3, 0.4) is 0 Å². The molecule has 0 bridgehead atoms. The average Bonchev–Trinajstić information content (AvgIpc) is 4.03. The fourth-order valence-corrected chi connectivity index (χ4v) is 9.99. The highest BCUT2D eigenvalue weighted by Gasteiger charge is 2.25. The minimum atomic E-state index is 0.815. The Hall–Kier alpha value is -8.40. The summed E-state index contributed by atoms with van der Waals surface area (Å²) in [5.41, 5.74) is 18.1. The number of hydrogen-bond donors (Lipinski definition) is 0. The Kier molecular flexibility index (Phi) is 7.91. The van der Waals surface area contributed by atoms with Crippen LogP contribution >= 0.6 is 0 Å². The number of aromatic nitrogens is 1. The smallest absolute Gasteiger partial charge is 0.147 e. The van der Waals surface area contributed by atoms with Crippen LogP contribution in [0.5, 0.6) is 0 Å². The maximum atomic E-state index is 6.84. The van der Waals surface area contributed by atoms with E-state index in [-0.39, 0.29) is 0 Å². The van der Waals surface area contributed by atoms with Gasteiger partial charge in [0.05, 0.1) is 22.3 Å². The monoisotopic (exact) mass is 803 g/mol. The number of hydrogen-bond acceptors (Lipinski definition) is 2. The van der Waals surface area contributed by atoms with Crippen molar-refractivity contribution in [1.82, 2.24) is 4.57 Å². The molecule has 0 aliphatic heterocycles. The van der Waals surface area contributed by atoms with Gasteiger partial charge in [-0.2, -0.15) is 0 Å². The first kappa shape index (κ1) is 35.4. The zero-order valence-corrected chi connectivity index (χ0v) is 34.1. The number of furan rings is 2. The fourth-order valence-electron chi connectivity index (χ4n) is 9.99. The van der Waals surface area contributed by atoms with E-state index in [9.17, 15) is 0 Å². The fraction of sp³-hybridized carbons (Fsp3) is 0. The summed E-state index contributed by atoms with van der Waals surface area (Å²) >= 11 is 0. The van der Waals surface area contributed by atoms with Gasteiger partial charge in [0.25, 0.3) is 0 Å². The van der Waals surface area contributed by atoms with Crippen molar-refractivity contribution < 1.29 is 8.83 Å². The van der Waals surface area contributed by atoms with Crippen LogP contribution in [-0.2, 0) is 0 Å². The maximum Gasteiger partial charge on any atom is 0.147 e. The molecule has 3 nitrogen and oxygen atoms in total. The van der Waals surface area contributed by atoms with Gasteiger partial charge in [-0.1, -0.05) is 176 Å². The summed E-state index contributed by atoms with van der Waals surface area (Å²) in [7, 11) is 0. The van der Waals surface area contributed by atoms with Gasteiger partial charge in [0.15, 0.2) is 0 Å². The Morgan fingerprint density at radius 3 is 1.16 bits per heavy atom. The van der Waals surface area contributed by atoms with Crippen molar-refractivity contribution in [3.8, 4) is 61.3 Å². The highest BCUT2D eigenvalue weighted by Crippen LogP contribution is 2.48. The van der Waals surface area contributed by atoms with Crippen LogP contribution in [0, 0.1) is 0 Å². The van der Waals surface area contributed by atoms with E-state index in [1.54, 1.807) is 0 Å². The molecule has 0 amide bonds. The Bertz CT molecular complexity index is 3680. The van der Waals surface area contributed by atoms with Crippen LogP contribution in [-0.4, -0.2) is 4.57 Å². The molecule has 0 aliphatic rings. The molecule has 0 saturated heterocycles. The van der Waals surface area contributed by atoms with Gasteiger partial charge in [0.2, 0.25) is 0 Å². The Morgan fingerprint density at radius 1 is 0.270 bits per heavy atom. The standard InChI is InChI=1S/C60H37NO2/c1-3-17-38(18-4-1)42-21-7-9-23-44(42)40-31-33-54-49(35-40)50-36-41(45-24-10-8-22-43(45)39-19-5-2-6-20-39)32-34-55(50)61(54)53-28-14-11-27-48(53)58-59-51(46-25-12-15-29-56(46)62-59)37-52-47-26-13-16-30-57(47)63-60(52)58/h1-37H. The van der Waals surface area contributed by atoms with Crippen molar-refractivity contribution >= 4 is 65.7 Å². The second-order valence-corrected chi connectivity index (χ2v) is 16.3. The largest absolute Gasteiger partial charge is 0.455 e. The van der Waals surface area contributed by atoms with E-state index in [0.717, 1.165) is 71.7 Å². The minimum absolute atomic E-state index is 0.815. The molecule has 0 aliphatic carbocycles. The van der Waals surface area contributed by atoms with E-state index in [2.05, 4.69) is 217 Å². The molecular formula is C60H37NO2. The SMILES string of the molecule is c1ccc(-c2ccccc2-c2ccc3c(c2)c2cc(-c4ccccc4-c4ccccc4)ccc2n3-c2ccccc2-c2c3oc4ccccc4c3cc3c2oc2ccccc23)cc1. The molecular weight excluding hydrogens is 767 g/mol. The predicted octanol–water partition coefficient (Wildman–Crippen LogP) is 16.9. The van der Waals surface area contributed by atoms with E-state index >= 15 is 0 Å². The van der Waals surface area contributed by atoms with Gasteiger partial charge in [-0.15, -0.1) is 0 Å². The Morgan fingerprint density at radius 2 is 0.667 bits per heavy atom. The van der Waals surface area contributed by atoms with Crippen LogP contribution in [0.25, 0.3) is 127 Å². The molecule has 63 heavy (non-hydrogen) atoms. The third kappa shape index (κ3) is 5.53. The molecule has 3 heteroatoms. The topological polar surface area (TPSA) is 31.2 Å². The summed E-state index contributed by atoms with van der Waals surface area (Å²) in [6.45, 7) is 0. The molecule has 10 aromatic carbocycles. The Balaban J connectivity index is 1.11. The van der Waals surface area contributed by atoms with Gasteiger partial charge >= 0.3 is 0 Å². The van der Waals surface area contributed by atoms with E-state index < -0.39 is 0 Å². The zero-order chi connectivity index (χ0) is 41.4. The molecule has 3 aromatic heterocycles. The molecule has 0 atom stereocenters. The molecule has 13 rings (SSSR count). The second-order valence-electron chi connectivity index (χ2n) is 16.3. The summed E-state index contributed by atoms with van der Waals surface area (Å²) in [6.07, 6.45) is 0. The van der Waals surface area contributed by atoms with Crippen molar-refractivity contribution in [3.63, 3.8) is 0 Å². The number of nitrogens with zero attached hydrogens (tertiary/aromatic N) is 1. The number of benzene rings is 10. The van der Waals surface area contributed by atoms with Crippen LogP contribution in [0.2, 0.25) is 0 Å². The molecule has 0 radical (unpaired) electrons. The minimum Gasteiger partial charge on any atom is -0.455 e. The third-order valence-electron chi connectivity index (χ3n) is 12.8. The van der Waals surface area contributed by atoms with Gasteiger partial charge < -0.3 is 13.4 Å². The molecule has 0 fully saturated rings. The number of rotatable bonds is 6. The third-order valence-corrected chi connectivity index (χ3v) is 12.8. The first-order valence-corrected chi connectivity index (χ1v) is 21.5. The Labute approximate surface area is 363 Å². The van der Waals surface area contributed by atoms with E-state index in [1.807, 2.05) is 12.1 Å². The van der Waals surface area contributed by atoms with Crippen molar-refractivity contribution in [3.05, 3.63) is 224 Å². The lowest BCUT2D eigenvalue weighted by atomic mass is 9.92. The van der Waals surface area contributed by atoms with Crippen LogP contribution < -0.4 is 0 Å². The summed E-state index contributed by atoms with van der Waals surface area (Å²) in [4.78, 5) is 0. The quantitative estimate of drug-likeness (QED) is 0.168. The first-order valence-electron chi connectivity index (χ1n) is 21.5. The summed E-state index contributed by atoms with van der Waals surface area (Å²) in [5.74, 6) is 0. The summed E-state index contributed by atoms with van der Waals surface area (Å²) < 4.78 is 16.1. The lowest BCUT2D eigenvalue weighted by Gasteiger charge is -2.15. The maximum absolute atomic E-state index is 6.84. The van der Waals surface area contributed by atoms with E-state index in [1.165, 1.54) is 55.3 Å². The summed E-state index contributed by atoms with van der Waals surface area (Å²) in [5, 5.41) is 6.66. The average molecular weight is 804 g/mol. The van der Waals surface area contributed by atoms with Gasteiger partial charge in [0.1, 0.15) is 22.3 Å². The molecule has 0 spiro atoms. The van der Waals surface area contributed by atoms with Gasteiger partial charge in [-0.3, -0.25) is 0 Å². The van der Waals surface area contributed by atoms with E-state index in [0.29, 0.717) is 0 Å². The van der Waals surface area contributed by atoms with Crippen molar-refractivity contribution in [2.45, 2.75) is 0 Å².